The molecule has 3 aromatic rings. The van der Waals surface area contributed by atoms with Crippen molar-refractivity contribution in [1.29, 1.82) is 0 Å². The first kappa shape index (κ1) is 19.2. The number of unbranched alkanes of at least 4 members (excludes halogenated alkanes) is 1. The number of benzene rings is 2. The summed E-state index contributed by atoms with van der Waals surface area (Å²) in [6.07, 6.45) is 6.39. The highest BCUT2D eigenvalue weighted by Crippen LogP contribution is 2.24. The zero-order valence-corrected chi connectivity index (χ0v) is 16.5. The van der Waals surface area contributed by atoms with Crippen LogP contribution in [0.25, 0.3) is 23.1 Å². The number of pyridine rings is 1. The van der Waals surface area contributed by atoms with Crippen molar-refractivity contribution in [2.45, 2.75) is 31.6 Å². The van der Waals surface area contributed by atoms with E-state index in [0.29, 0.717) is 5.75 Å². The number of ether oxygens (including phenoxy) is 1. The minimum absolute atomic E-state index is 0.320. The van der Waals surface area contributed by atoms with Gasteiger partial charge in [0.1, 0.15) is 5.75 Å². The SMILES string of the molecule is CCCCSc1ccc2ccc(/C=C/c3cccc(OC(C)=O)c3)nc2c1. The highest BCUT2D eigenvalue weighted by atomic mass is 32.2. The van der Waals surface area contributed by atoms with Crippen molar-refractivity contribution in [2.75, 3.05) is 5.75 Å². The molecule has 4 heteroatoms. The van der Waals surface area contributed by atoms with Crippen molar-refractivity contribution < 1.29 is 9.53 Å². The first-order valence-corrected chi connectivity index (χ1v) is 10.1. The molecule has 0 fully saturated rings. The van der Waals surface area contributed by atoms with Crippen molar-refractivity contribution >= 4 is 40.8 Å². The predicted octanol–water partition coefficient (Wildman–Crippen LogP) is 6.22. The lowest BCUT2D eigenvalue weighted by Gasteiger charge is -2.04. The molecular weight excluding hydrogens is 354 g/mol. The average molecular weight is 378 g/mol. The molecule has 1 aromatic heterocycles. The minimum Gasteiger partial charge on any atom is -0.427 e. The Hall–Kier alpha value is -2.59. The van der Waals surface area contributed by atoms with Crippen LogP contribution in [0.1, 0.15) is 37.9 Å². The Labute approximate surface area is 164 Å². The minimum atomic E-state index is -0.320. The largest absolute Gasteiger partial charge is 0.427 e. The number of esters is 1. The second kappa shape index (κ2) is 9.38. The summed E-state index contributed by atoms with van der Waals surface area (Å²) in [5, 5.41) is 1.14. The molecular formula is C23H23NO2S. The maximum Gasteiger partial charge on any atom is 0.308 e. The standard InChI is InChI=1S/C23H23NO2S/c1-3-4-14-27-22-13-10-19-9-12-20(24-23(19)16-22)11-8-18-6-5-7-21(15-18)26-17(2)25/h5-13,15-16H,3-4,14H2,1-2H3/b11-8+. The zero-order valence-electron chi connectivity index (χ0n) is 15.6. The molecule has 0 spiro atoms. The van der Waals surface area contributed by atoms with Gasteiger partial charge in [0.2, 0.25) is 0 Å². The van der Waals surface area contributed by atoms with E-state index in [2.05, 4.69) is 31.2 Å². The summed E-state index contributed by atoms with van der Waals surface area (Å²) in [7, 11) is 0. The molecule has 0 aliphatic heterocycles. The van der Waals surface area contributed by atoms with Gasteiger partial charge in [0.05, 0.1) is 11.2 Å². The summed E-state index contributed by atoms with van der Waals surface area (Å²) in [5.74, 6) is 1.37. The molecule has 1 heterocycles. The van der Waals surface area contributed by atoms with Crippen LogP contribution in [0.2, 0.25) is 0 Å². The molecule has 2 aromatic carbocycles. The van der Waals surface area contributed by atoms with Gasteiger partial charge in [-0.15, -0.1) is 11.8 Å². The van der Waals surface area contributed by atoms with Crippen LogP contribution in [0.3, 0.4) is 0 Å². The Balaban J connectivity index is 1.78. The fraction of sp³-hybridized carbons (Fsp3) is 0.217. The maximum absolute atomic E-state index is 11.1. The van der Waals surface area contributed by atoms with Crippen molar-refractivity contribution in [3.8, 4) is 5.75 Å². The number of nitrogens with zero attached hydrogens (tertiary/aromatic N) is 1. The van der Waals surface area contributed by atoms with Crippen LogP contribution in [0.5, 0.6) is 5.75 Å². The molecule has 0 amide bonds. The molecule has 3 nitrogen and oxygen atoms in total. The normalized spacial score (nSPS) is 11.2. The van der Waals surface area contributed by atoms with Crippen LogP contribution < -0.4 is 4.74 Å². The molecule has 0 saturated heterocycles. The summed E-state index contributed by atoms with van der Waals surface area (Å²) in [6, 6.07) is 18.0. The van der Waals surface area contributed by atoms with Crippen LogP contribution in [0.4, 0.5) is 0 Å². The van der Waals surface area contributed by atoms with Crippen molar-refractivity contribution in [3.63, 3.8) is 0 Å². The number of fused-ring (bicyclic) bond motifs is 1. The van der Waals surface area contributed by atoms with Gasteiger partial charge in [0.15, 0.2) is 0 Å². The zero-order chi connectivity index (χ0) is 19.1. The van der Waals surface area contributed by atoms with E-state index in [-0.39, 0.29) is 5.97 Å². The molecule has 0 aliphatic carbocycles. The third kappa shape index (κ3) is 5.69. The van der Waals surface area contributed by atoms with E-state index in [4.69, 9.17) is 9.72 Å². The highest BCUT2D eigenvalue weighted by molar-refractivity contribution is 7.99. The van der Waals surface area contributed by atoms with E-state index >= 15 is 0 Å². The number of aromatic nitrogens is 1. The molecule has 0 bridgehead atoms. The first-order valence-electron chi connectivity index (χ1n) is 9.14. The van der Waals surface area contributed by atoms with Crippen LogP contribution >= 0.6 is 11.8 Å². The van der Waals surface area contributed by atoms with Crippen molar-refractivity contribution in [2.24, 2.45) is 0 Å². The molecule has 0 unspecified atom stereocenters. The van der Waals surface area contributed by atoms with Crippen LogP contribution in [0, 0.1) is 0 Å². The number of carbonyl (C=O) groups is 1. The maximum atomic E-state index is 11.1. The molecule has 0 aliphatic rings. The number of rotatable bonds is 7. The lowest BCUT2D eigenvalue weighted by atomic mass is 10.1. The fourth-order valence-corrected chi connectivity index (χ4v) is 3.69. The Morgan fingerprint density at radius 1 is 1.11 bits per heavy atom. The fourth-order valence-electron chi connectivity index (χ4n) is 2.66. The van der Waals surface area contributed by atoms with Crippen LogP contribution in [-0.2, 0) is 4.79 Å². The smallest absolute Gasteiger partial charge is 0.308 e. The number of hydrogen-bond acceptors (Lipinski definition) is 4. The molecule has 138 valence electrons. The molecule has 0 radical (unpaired) electrons. The molecule has 0 N–H and O–H groups in total. The van der Waals surface area contributed by atoms with Gasteiger partial charge in [-0.3, -0.25) is 4.79 Å². The summed E-state index contributed by atoms with van der Waals surface area (Å²) in [4.78, 5) is 17.1. The third-order valence-electron chi connectivity index (χ3n) is 4.02. The second-order valence-corrected chi connectivity index (χ2v) is 7.46. The first-order chi connectivity index (χ1) is 13.1. The Kier molecular flexibility index (Phi) is 6.66. The van der Waals surface area contributed by atoms with E-state index in [0.717, 1.165) is 27.9 Å². The third-order valence-corrected chi connectivity index (χ3v) is 5.10. The van der Waals surface area contributed by atoms with Gasteiger partial charge in [-0.1, -0.05) is 43.7 Å². The van der Waals surface area contributed by atoms with Gasteiger partial charge in [-0.05, 0) is 54.1 Å². The van der Waals surface area contributed by atoms with Crippen molar-refractivity contribution in [3.05, 3.63) is 65.9 Å². The highest BCUT2D eigenvalue weighted by Gasteiger charge is 2.01. The quantitative estimate of drug-likeness (QED) is 0.212. The van der Waals surface area contributed by atoms with E-state index < -0.39 is 0 Å². The van der Waals surface area contributed by atoms with E-state index in [1.165, 1.54) is 24.7 Å². The number of thioether (sulfide) groups is 1. The van der Waals surface area contributed by atoms with Gasteiger partial charge in [0, 0.05) is 17.2 Å². The summed E-state index contributed by atoms with van der Waals surface area (Å²) in [5.41, 5.74) is 2.86. The van der Waals surface area contributed by atoms with E-state index in [1.54, 1.807) is 6.07 Å². The van der Waals surface area contributed by atoms with Gasteiger partial charge >= 0.3 is 5.97 Å². The molecule has 0 atom stereocenters. The summed E-state index contributed by atoms with van der Waals surface area (Å²) >= 11 is 1.88. The van der Waals surface area contributed by atoms with Crippen molar-refractivity contribution in [1.82, 2.24) is 4.98 Å². The van der Waals surface area contributed by atoms with Crippen LogP contribution in [0.15, 0.2) is 59.5 Å². The molecule has 27 heavy (non-hydrogen) atoms. The van der Waals surface area contributed by atoms with Gasteiger partial charge in [-0.25, -0.2) is 4.98 Å². The molecule has 0 saturated carbocycles. The second-order valence-electron chi connectivity index (χ2n) is 6.29. The Morgan fingerprint density at radius 3 is 2.78 bits per heavy atom. The summed E-state index contributed by atoms with van der Waals surface area (Å²) in [6.45, 7) is 3.61. The van der Waals surface area contributed by atoms with E-state index in [1.807, 2.05) is 48.2 Å². The average Bonchev–Trinajstić information content (AvgIpc) is 2.66. The Bertz CT molecular complexity index is 966. The molecule has 3 rings (SSSR count). The lowest BCUT2D eigenvalue weighted by molar-refractivity contribution is -0.131. The lowest BCUT2D eigenvalue weighted by Crippen LogP contribution is -2.00. The van der Waals surface area contributed by atoms with Crippen LogP contribution in [-0.4, -0.2) is 16.7 Å². The number of hydrogen-bond donors (Lipinski definition) is 0. The monoisotopic (exact) mass is 377 g/mol. The summed E-state index contributed by atoms with van der Waals surface area (Å²) < 4.78 is 5.13. The van der Waals surface area contributed by atoms with Gasteiger partial charge < -0.3 is 4.74 Å². The van der Waals surface area contributed by atoms with Gasteiger partial charge in [0.25, 0.3) is 0 Å². The Morgan fingerprint density at radius 2 is 1.96 bits per heavy atom. The number of carbonyl (C=O) groups excluding carboxylic acids is 1. The van der Waals surface area contributed by atoms with E-state index in [9.17, 15) is 4.79 Å². The topological polar surface area (TPSA) is 39.2 Å². The van der Waals surface area contributed by atoms with Gasteiger partial charge in [-0.2, -0.15) is 0 Å². The predicted molar refractivity (Wildman–Crippen MR) is 114 cm³/mol.